The second-order valence-electron chi connectivity index (χ2n) is 7.14. The highest BCUT2D eigenvalue weighted by Gasteiger charge is 2.56. The van der Waals surface area contributed by atoms with Crippen LogP contribution >= 0.6 is 34.8 Å². The Balaban J connectivity index is 1.72. The number of alkyl halides is 1. The van der Waals surface area contributed by atoms with Gasteiger partial charge < -0.3 is 15.8 Å². The standard InChI is InChI=1S/C20H16Cl3FN4O2/c1-9-4-15-16(9)20(8-24,28-19(25)30-15)12-6-11(2-3-13(12)22)27-18(29)17-14(23)5-10(21)7-26-17/h2-3,5-7,15-16H,1,4,8H2,(H2,25,28)(H,27,29). The van der Waals surface area contributed by atoms with E-state index in [1.165, 1.54) is 12.3 Å². The molecule has 1 fully saturated rings. The molecule has 3 N–H and O–H groups in total. The number of anilines is 1. The molecule has 1 amide bonds. The molecule has 0 saturated heterocycles. The van der Waals surface area contributed by atoms with Gasteiger partial charge in [-0.3, -0.25) is 4.79 Å². The highest BCUT2D eigenvalue weighted by atomic mass is 35.5. The fraction of sp³-hybridized carbons (Fsp3) is 0.250. The maximum atomic E-state index is 14.5. The number of nitrogens with two attached hydrogens (primary N) is 1. The minimum atomic E-state index is -1.38. The lowest BCUT2D eigenvalue weighted by atomic mass is 9.63. The number of amidine groups is 1. The minimum absolute atomic E-state index is 0.00135. The van der Waals surface area contributed by atoms with Gasteiger partial charge in [0, 0.05) is 34.8 Å². The average Bonchev–Trinajstić information content (AvgIpc) is 2.67. The van der Waals surface area contributed by atoms with Crippen molar-refractivity contribution in [1.82, 2.24) is 4.98 Å². The van der Waals surface area contributed by atoms with Crippen molar-refractivity contribution in [2.75, 3.05) is 12.0 Å². The first-order valence-electron chi connectivity index (χ1n) is 8.93. The van der Waals surface area contributed by atoms with Crippen molar-refractivity contribution in [2.45, 2.75) is 18.1 Å². The molecule has 2 aliphatic rings. The Labute approximate surface area is 186 Å². The smallest absolute Gasteiger partial charge is 0.283 e. The van der Waals surface area contributed by atoms with Gasteiger partial charge in [0.05, 0.1) is 10.0 Å². The van der Waals surface area contributed by atoms with E-state index in [0.717, 1.165) is 5.57 Å². The van der Waals surface area contributed by atoms with Gasteiger partial charge in [-0.1, -0.05) is 47.0 Å². The lowest BCUT2D eigenvalue weighted by Gasteiger charge is -2.51. The van der Waals surface area contributed by atoms with E-state index in [4.69, 9.17) is 45.3 Å². The molecule has 4 rings (SSSR count). The van der Waals surface area contributed by atoms with Crippen molar-refractivity contribution in [3.8, 4) is 0 Å². The van der Waals surface area contributed by atoms with Crippen molar-refractivity contribution in [2.24, 2.45) is 16.6 Å². The molecule has 6 nitrogen and oxygen atoms in total. The largest absolute Gasteiger partial charge is 0.461 e. The first-order chi connectivity index (χ1) is 14.2. The zero-order valence-electron chi connectivity index (χ0n) is 15.5. The van der Waals surface area contributed by atoms with Crippen LogP contribution in [0.25, 0.3) is 0 Å². The predicted octanol–water partition coefficient (Wildman–Crippen LogP) is 4.75. The number of aromatic nitrogens is 1. The lowest BCUT2D eigenvalue weighted by Crippen LogP contribution is -2.56. The zero-order chi connectivity index (χ0) is 21.6. The zero-order valence-corrected chi connectivity index (χ0v) is 17.7. The molecule has 1 aromatic carbocycles. The van der Waals surface area contributed by atoms with Crippen LogP contribution in [0.3, 0.4) is 0 Å². The van der Waals surface area contributed by atoms with Gasteiger partial charge in [0.2, 0.25) is 0 Å². The molecule has 2 heterocycles. The van der Waals surface area contributed by atoms with Crippen LogP contribution in [0, 0.1) is 5.92 Å². The van der Waals surface area contributed by atoms with Crippen molar-refractivity contribution < 1.29 is 13.9 Å². The Kier molecular flexibility index (Phi) is 5.38. The van der Waals surface area contributed by atoms with Crippen molar-refractivity contribution in [3.05, 3.63) is 68.9 Å². The molecule has 1 aromatic heterocycles. The van der Waals surface area contributed by atoms with E-state index in [2.05, 4.69) is 21.9 Å². The Morgan fingerprint density at radius 3 is 2.77 bits per heavy atom. The number of hydrogen-bond acceptors (Lipinski definition) is 5. The minimum Gasteiger partial charge on any atom is -0.461 e. The molecular weight excluding hydrogens is 454 g/mol. The molecule has 3 unspecified atom stereocenters. The molecule has 0 radical (unpaired) electrons. The number of amides is 1. The summed E-state index contributed by atoms with van der Waals surface area (Å²) in [5.74, 6) is -0.967. The number of ether oxygens (including phenoxy) is 1. The molecule has 10 heteroatoms. The van der Waals surface area contributed by atoms with Crippen LogP contribution < -0.4 is 11.1 Å². The summed E-state index contributed by atoms with van der Waals surface area (Å²) in [4.78, 5) is 20.9. The second kappa shape index (κ2) is 7.72. The van der Waals surface area contributed by atoms with Crippen LogP contribution in [0.15, 0.2) is 47.6 Å². The van der Waals surface area contributed by atoms with E-state index in [1.54, 1.807) is 18.2 Å². The SMILES string of the molecule is C=C1CC2OC(N)=NC(CF)(c3cc(NC(=O)c4ncc(Cl)cc4Cl)ccc3Cl)C12. The first kappa shape index (κ1) is 20.9. The molecule has 0 spiro atoms. The lowest BCUT2D eigenvalue weighted by molar-refractivity contribution is 0.00422. The number of halogens is 4. The number of aliphatic imine (C=N–C) groups is 1. The summed E-state index contributed by atoms with van der Waals surface area (Å²) in [5.41, 5.74) is 5.98. The van der Waals surface area contributed by atoms with E-state index in [9.17, 15) is 9.18 Å². The normalized spacial score (nSPS) is 24.9. The van der Waals surface area contributed by atoms with E-state index >= 15 is 0 Å². The third-order valence-electron chi connectivity index (χ3n) is 5.29. The van der Waals surface area contributed by atoms with Crippen LogP contribution in [-0.4, -0.2) is 29.7 Å². The van der Waals surface area contributed by atoms with Crippen molar-refractivity contribution in [1.29, 1.82) is 0 Å². The van der Waals surface area contributed by atoms with Crippen LogP contribution in [0.2, 0.25) is 15.1 Å². The topological polar surface area (TPSA) is 89.6 Å². The number of hydrogen-bond donors (Lipinski definition) is 2. The maximum Gasteiger partial charge on any atom is 0.283 e. The first-order valence-corrected chi connectivity index (χ1v) is 10.1. The second-order valence-corrected chi connectivity index (χ2v) is 8.39. The Morgan fingerprint density at radius 2 is 2.10 bits per heavy atom. The van der Waals surface area contributed by atoms with Crippen LogP contribution in [0.4, 0.5) is 10.1 Å². The molecule has 2 aromatic rings. The third-order valence-corrected chi connectivity index (χ3v) is 6.11. The molecule has 3 atom stereocenters. The summed E-state index contributed by atoms with van der Waals surface area (Å²) in [6.45, 7) is 3.13. The Bertz CT molecular complexity index is 1090. The summed E-state index contributed by atoms with van der Waals surface area (Å²) < 4.78 is 20.0. The quantitative estimate of drug-likeness (QED) is 0.633. The number of benzene rings is 1. The van der Waals surface area contributed by atoms with Crippen molar-refractivity contribution in [3.63, 3.8) is 0 Å². The monoisotopic (exact) mass is 468 g/mol. The number of nitrogens with one attached hydrogen (secondary N) is 1. The van der Waals surface area contributed by atoms with Gasteiger partial charge in [-0.05, 0) is 24.3 Å². The third kappa shape index (κ3) is 3.41. The van der Waals surface area contributed by atoms with Gasteiger partial charge >= 0.3 is 0 Å². The van der Waals surface area contributed by atoms with Crippen molar-refractivity contribution >= 4 is 52.4 Å². The number of nitrogens with zero attached hydrogens (tertiary/aromatic N) is 2. The van der Waals surface area contributed by atoms with E-state index in [0.29, 0.717) is 22.7 Å². The molecule has 30 heavy (non-hydrogen) atoms. The van der Waals surface area contributed by atoms with E-state index in [-0.39, 0.29) is 27.9 Å². The molecule has 156 valence electrons. The summed E-state index contributed by atoms with van der Waals surface area (Å²) in [5, 5.41) is 3.38. The summed E-state index contributed by atoms with van der Waals surface area (Å²) in [6.07, 6.45) is 1.56. The number of carbonyl (C=O) groups is 1. The van der Waals surface area contributed by atoms with Gasteiger partial charge in [-0.15, -0.1) is 0 Å². The highest BCUT2D eigenvalue weighted by molar-refractivity contribution is 6.36. The Hall–Kier alpha value is -2.35. The van der Waals surface area contributed by atoms with Gasteiger partial charge in [-0.2, -0.15) is 0 Å². The van der Waals surface area contributed by atoms with E-state index < -0.39 is 24.0 Å². The molecule has 1 aliphatic heterocycles. The molecule has 0 bridgehead atoms. The fourth-order valence-electron chi connectivity index (χ4n) is 3.93. The Morgan fingerprint density at radius 1 is 1.33 bits per heavy atom. The average molecular weight is 470 g/mol. The summed E-state index contributed by atoms with van der Waals surface area (Å²) in [7, 11) is 0. The highest BCUT2D eigenvalue weighted by Crippen LogP contribution is 2.53. The van der Waals surface area contributed by atoms with E-state index in [1.807, 2.05) is 0 Å². The number of pyridine rings is 1. The van der Waals surface area contributed by atoms with Gasteiger partial charge in [0.25, 0.3) is 11.9 Å². The number of fused-ring (bicyclic) bond motifs is 1. The number of carbonyl (C=O) groups excluding carboxylic acids is 1. The molecule has 1 saturated carbocycles. The van der Waals surface area contributed by atoms with Crippen LogP contribution in [0.5, 0.6) is 0 Å². The summed E-state index contributed by atoms with van der Waals surface area (Å²) in [6, 6.07) is 6.01. The van der Waals surface area contributed by atoms with Crippen LogP contribution in [-0.2, 0) is 10.3 Å². The van der Waals surface area contributed by atoms with Gasteiger partial charge in [-0.25, -0.2) is 14.4 Å². The predicted molar refractivity (Wildman–Crippen MR) is 115 cm³/mol. The molecule has 1 aliphatic carbocycles. The fourth-order valence-corrected chi connectivity index (χ4v) is 4.67. The van der Waals surface area contributed by atoms with Crippen LogP contribution in [0.1, 0.15) is 22.5 Å². The molecular formula is C20H16Cl3FN4O2. The van der Waals surface area contributed by atoms with Gasteiger partial charge in [0.15, 0.2) is 0 Å². The summed E-state index contributed by atoms with van der Waals surface area (Å²) >= 11 is 18.3. The van der Waals surface area contributed by atoms with Gasteiger partial charge in [0.1, 0.15) is 24.0 Å². The maximum absolute atomic E-state index is 14.5. The number of rotatable bonds is 4.